The first kappa shape index (κ1) is 19.4. The Morgan fingerprint density at radius 2 is 2.00 bits per heavy atom. The molecule has 3 N–H and O–H groups in total. The molecule has 0 aliphatic carbocycles. The molecule has 0 saturated carbocycles. The van der Waals surface area contributed by atoms with E-state index in [0.717, 1.165) is 21.5 Å². The highest BCUT2D eigenvalue weighted by Crippen LogP contribution is 2.31. The van der Waals surface area contributed by atoms with Crippen molar-refractivity contribution in [1.82, 2.24) is 15.1 Å². The van der Waals surface area contributed by atoms with Crippen molar-refractivity contribution in [2.45, 2.75) is 25.8 Å². The molecule has 1 aromatic carbocycles. The molecule has 1 atom stereocenters. The second kappa shape index (κ2) is 7.99. The van der Waals surface area contributed by atoms with Crippen LogP contribution in [0.5, 0.6) is 0 Å². The molecule has 3 aromatic rings. The number of rotatable bonds is 5. The van der Waals surface area contributed by atoms with E-state index < -0.39 is 0 Å². The Labute approximate surface area is 157 Å². The molecule has 2 heterocycles. The Balaban J connectivity index is 0.00000225. The van der Waals surface area contributed by atoms with Gasteiger partial charge in [0.25, 0.3) is 5.91 Å². The molecular formula is C18H23ClN4OS. The van der Waals surface area contributed by atoms with Crippen LogP contribution in [0.3, 0.4) is 0 Å². The van der Waals surface area contributed by atoms with Crippen LogP contribution in [-0.2, 0) is 7.05 Å². The van der Waals surface area contributed by atoms with E-state index in [2.05, 4.69) is 24.3 Å². The summed E-state index contributed by atoms with van der Waals surface area (Å²) in [7, 11) is 1.91. The normalized spacial score (nSPS) is 12.2. The lowest BCUT2D eigenvalue weighted by atomic mass is 10.1. The smallest absolute Gasteiger partial charge is 0.261 e. The Hall–Kier alpha value is -1.89. The van der Waals surface area contributed by atoms with Gasteiger partial charge in [-0.2, -0.15) is 5.10 Å². The van der Waals surface area contributed by atoms with Crippen molar-refractivity contribution in [2.75, 3.05) is 6.54 Å². The van der Waals surface area contributed by atoms with Gasteiger partial charge in [0.05, 0.1) is 10.6 Å². The summed E-state index contributed by atoms with van der Waals surface area (Å²) >= 11 is 1.47. The summed E-state index contributed by atoms with van der Waals surface area (Å²) in [5, 5.41) is 8.54. The molecule has 2 aromatic heterocycles. The zero-order valence-corrected chi connectivity index (χ0v) is 16.2. The first-order chi connectivity index (χ1) is 11.5. The number of hydrogen-bond donors (Lipinski definition) is 2. The molecule has 134 valence electrons. The third-order valence-corrected chi connectivity index (χ3v) is 5.22. The third-order valence-electron chi connectivity index (χ3n) is 4.02. The fraction of sp³-hybridized carbons (Fsp3) is 0.333. The van der Waals surface area contributed by atoms with Crippen molar-refractivity contribution in [3.8, 4) is 0 Å². The number of nitrogens with two attached hydrogens (primary N) is 1. The van der Waals surface area contributed by atoms with Crippen molar-refractivity contribution < 1.29 is 4.79 Å². The van der Waals surface area contributed by atoms with Crippen LogP contribution < -0.4 is 11.1 Å². The van der Waals surface area contributed by atoms with Gasteiger partial charge in [-0.25, -0.2) is 0 Å². The number of nitrogens with one attached hydrogen (secondary N) is 1. The number of carbonyl (C=O) groups excluding carboxylic acids is 1. The van der Waals surface area contributed by atoms with Crippen LogP contribution in [0.15, 0.2) is 36.4 Å². The topological polar surface area (TPSA) is 72.9 Å². The summed E-state index contributed by atoms with van der Waals surface area (Å²) in [6.07, 6.45) is 0. The van der Waals surface area contributed by atoms with E-state index in [-0.39, 0.29) is 24.4 Å². The van der Waals surface area contributed by atoms with Gasteiger partial charge in [0.2, 0.25) is 0 Å². The maximum absolute atomic E-state index is 12.5. The van der Waals surface area contributed by atoms with Crippen LogP contribution in [0, 0.1) is 0 Å². The van der Waals surface area contributed by atoms with Crippen LogP contribution >= 0.6 is 23.7 Å². The van der Waals surface area contributed by atoms with E-state index in [9.17, 15) is 4.79 Å². The van der Waals surface area contributed by atoms with E-state index in [0.29, 0.717) is 17.3 Å². The Morgan fingerprint density at radius 3 is 2.64 bits per heavy atom. The number of nitrogens with zero attached hydrogens (tertiary/aromatic N) is 2. The van der Waals surface area contributed by atoms with Crippen LogP contribution in [0.4, 0.5) is 0 Å². The van der Waals surface area contributed by atoms with Crippen LogP contribution in [0.2, 0.25) is 0 Å². The molecule has 3 rings (SSSR count). The minimum Gasteiger partial charge on any atom is -0.349 e. The van der Waals surface area contributed by atoms with Crippen LogP contribution in [-0.4, -0.2) is 22.2 Å². The van der Waals surface area contributed by atoms with Crippen LogP contribution in [0.1, 0.15) is 46.7 Å². The number of thiophene rings is 1. The SMILES string of the molecule is CC(C)c1nn(C)c2sc(C(=O)NCC(N)c3ccccc3)cc12.Cl. The van der Waals surface area contributed by atoms with Crippen molar-refractivity contribution in [3.63, 3.8) is 0 Å². The van der Waals surface area contributed by atoms with Gasteiger partial charge in [0.1, 0.15) is 4.83 Å². The van der Waals surface area contributed by atoms with Crippen molar-refractivity contribution in [3.05, 3.63) is 52.5 Å². The van der Waals surface area contributed by atoms with Crippen molar-refractivity contribution in [1.29, 1.82) is 0 Å². The molecule has 0 saturated heterocycles. The van der Waals surface area contributed by atoms with Crippen molar-refractivity contribution >= 4 is 39.9 Å². The van der Waals surface area contributed by atoms with Gasteiger partial charge in [-0.15, -0.1) is 23.7 Å². The van der Waals surface area contributed by atoms with Crippen molar-refractivity contribution in [2.24, 2.45) is 12.8 Å². The minimum absolute atomic E-state index is 0. The highest BCUT2D eigenvalue weighted by atomic mass is 35.5. The number of fused-ring (bicyclic) bond motifs is 1. The molecule has 1 unspecified atom stereocenters. The zero-order valence-electron chi connectivity index (χ0n) is 14.5. The number of benzene rings is 1. The number of hydrogen-bond acceptors (Lipinski definition) is 4. The molecule has 0 aliphatic heterocycles. The van der Waals surface area contributed by atoms with Gasteiger partial charge in [0.15, 0.2) is 0 Å². The van der Waals surface area contributed by atoms with Gasteiger partial charge in [-0.3, -0.25) is 9.48 Å². The maximum atomic E-state index is 12.5. The zero-order chi connectivity index (χ0) is 17.3. The second-order valence-corrected chi connectivity index (χ2v) is 7.25. The summed E-state index contributed by atoms with van der Waals surface area (Å²) in [6.45, 7) is 4.63. The first-order valence-electron chi connectivity index (χ1n) is 8.02. The van der Waals surface area contributed by atoms with E-state index in [4.69, 9.17) is 5.73 Å². The molecule has 0 radical (unpaired) electrons. The third kappa shape index (κ3) is 4.03. The summed E-state index contributed by atoms with van der Waals surface area (Å²) in [5.41, 5.74) is 8.18. The Bertz CT molecular complexity index is 857. The maximum Gasteiger partial charge on any atom is 0.261 e. The summed E-state index contributed by atoms with van der Waals surface area (Å²) < 4.78 is 1.85. The fourth-order valence-electron chi connectivity index (χ4n) is 2.71. The highest BCUT2D eigenvalue weighted by molar-refractivity contribution is 7.20. The molecule has 1 amide bonds. The summed E-state index contributed by atoms with van der Waals surface area (Å²) in [4.78, 5) is 14.2. The van der Waals surface area contributed by atoms with Crippen LogP contribution in [0.25, 0.3) is 10.2 Å². The lowest BCUT2D eigenvalue weighted by Gasteiger charge is -2.12. The Morgan fingerprint density at radius 1 is 1.32 bits per heavy atom. The molecule has 5 nitrogen and oxygen atoms in total. The van der Waals surface area contributed by atoms with Gasteiger partial charge in [0, 0.05) is 25.0 Å². The molecule has 7 heteroatoms. The predicted octanol–water partition coefficient (Wildman–Crippen LogP) is 3.61. The monoisotopic (exact) mass is 378 g/mol. The second-order valence-electron chi connectivity index (χ2n) is 6.22. The molecule has 0 fully saturated rings. The molecule has 0 spiro atoms. The lowest BCUT2D eigenvalue weighted by Crippen LogP contribution is -2.31. The lowest BCUT2D eigenvalue weighted by molar-refractivity contribution is 0.0955. The van der Waals surface area contributed by atoms with Gasteiger partial charge >= 0.3 is 0 Å². The summed E-state index contributed by atoms with van der Waals surface area (Å²) in [6, 6.07) is 11.5. The van der Waals surface area contributed by atoms with E-state index in [1.165, 1.54) is 11.3 Å². The number of aryl methyl sites for hydroxylation is 1. The predicted molar refractivity (Wildman–Crippen MR) is 106 cm³/mol. The molecule has 25 heavy (non-hydrogen) atoms. The van der Waals surface area contributed by atoms with E-state index in [1.54, 1.807) is 0 Å². The number of halogens is 1. The largest absolute Gasteiger partial charge is 0.349 e. The van der Waals surface area contributed by atoms with Gasteiger partial charge < -0.3 is 11.1 Å². The number of amides is 1. The minimum atomic E-state index is -0.211. The fourth-order valence-corrected chi connectivity index (χ4v) is 3.71. The standard InChI is InChI=1S/C18H22N4OS.ClH/c1-11(2)16-13-9-15(24-18(13)22(3)21-16)17(23)20-10-14(19)12-7-5-4-6-8-12;/h4-9,11,14H,10,19H2,1-3H3,(H,20,23);1H. The van der Waals surface area contributed by atoms with Gasteiger partial charge in [-0.1, -0.05) is 44.2 Å². The Kier molecular flexibility index (Phi) is 6.21. The quantitative estimate of drug-likeness (QED) is 0.712. The molecule has 0 bridgehead atoms. The molecule has 0 aliphatic rings. The number of aromatic nitrogens is 2. The highest BCUT2D eigenvalue weighted by Gasteiger charge is 2.18. The van der Waals surface area contributed by atoms with Gasteiger partial charge in [-0.05, 0) is 17.5 Å². The first-order valence-corrected chi connectivity index (χ1v) is 8.84. The summed E-state index contributed by atoms with van der Waals surface area (Å²) in [5.74, 6) is 0.239. The average Bonchev–Trinajstić information content (AvgIpc) is 3.14. The number of carbonyl (C=O) groups is 1. The van der Waals surface area contributed by atoms with E-state index in [1.807, 2.05) is 48.1 Å². The average molecular weight is 379 g/mol. The molecular weight excluding hydrogens is 356 g/mol. The van der Waals surface area contributed by atoms with E-state index >= 15 is 0 Å².